The minimum atomic E-state index is -2.85. The Kier molecular flexibility index (Phi) is 5.75. The first-order valence-corrected chi connectivity index (χ1v) is 10.8. The SMILES string of the molecule is Cc1cc(C(=O)N2CCC(F)(F)C2)ccc1[C@@H]1CCCN1C(=O)c1cc(Cl)c(O)cc1O. The Labute approximate surface area is 189 Å². The summed E-state index contributed by atoms with van der Waals surface area (Å²) in [4.78, 5) is 28.6. The van der Waals surface area contributed by atoms with Crippen LogP contribution in [-0.2, 0) is 0 Å². The number of aryl methyl sites for hydroxylation is 1. The Morgan fingerprint density at radius 1 is 1.09 bits per heavy atom. The topological polar surface area (TPSA) is 81.1 Å². The van der Waals surface area contributed by atoms with Crippen molar-refractivity contribution in [2.24, 2.45) is 0 Å². The molecular formula is C23H23ClF2N2O4. The molecule has 2 heterocycles. The molecule has 2 amide bonds. The van der Waals surface area contributed by atoms with E-state index in [1.54, 1.807) is 23.1 Å². The van der Waals surface area contributed by atoms with Gasteiger partial charge in [0.1, 0.15) is 11.5 Å². The molecule has 2 aliphatic heterocycles. The van der Waals surface area contributed by atoms with Crippen molar-refractivity contribution in [1.29, 1.82) is 0 Å². The van der Waals surface area contributed by atoms with Crippen molar-refractivity contribution in [3.63, 3.8) is 0 Å². The lowest BCUT2D eigenvalue weighted by molar-refractivity contribution is 0.0120. The van der Waals surface area contributed by atoms with Crippen LogP contribution in [0.5, 0.6) is 11.5 Å². The average molecular weight is 465 g/mol. The zero-order valence-corrected chi connectivity index (χ0v) is 18.2. The maximum absolute atomic E-state index is 13.5. The molecule has 6 nitrogen and oxygen atoms in total. The average Bonchev–Trinajstić information content (AvgIpc) is 3.36. The summed E-state index contributed by atoms with van der Waals surface area (Å²) in [7, 11) is 0. The summed E-state index contributed by atoms with van der Waals surface area (Å²) in [5.41, 5.74) is 1.96. The van der Waals surface area contributed by atoms with Crippen LogP contribution in [0.3, 0.4) is 0 Å². The van der Waals surface area contributed by atoms with Gasteiger partial charge in [-0.3, -0.25) is 9.59 Å². The van der Waals surface area contributed by atoms with Gasteiger partial charge in [0.05, 0.1) is 23.2 Å². The molecular weight excluding hydrogens is 442 g/mol. The molecule has 1 atom stereocenters. The van der Waals surface area contributed by atoms with Gasteiger partial charge in [-0.2, -0.15) is 0 Å². The third-order valence-electron chi connectivity index (χ3n) is 6.14. The standard InChI is InChI=1S/C23H23ClF2N2O4/c1-13-9-14(21(31)27-8-6-23(25,26)12-27)4-5-15(13)18-3-2-7-28(18)22(32)16-10-17(24)20(30)11-19(16)29/h4-5,9-11,18,29-30H,2-3,6-8,12H2,1H3/t18-/m0/s1. The molecule has 2 aromatic rings. The van der Waals surface area contributed by atoms with Gasteiger partial charge >= 0.3 is 0 Å². The lowest BCUT2D eigenvalue weighted by Gasteiger charge is -2.27. The number of nitrogens with zero attached hydrogens (tertiary/aromatic N) is 2. The molecule has 0 radical (unpaired) electrons. The monoisotopic (exact) mass is 464 g/mol. The Bertz CT molecular complexity index is 1090. The summed E-state index contributed by atoms with van der Waals surface area (Å²) in [6, 6.07) is 7.05. The number of carbonyl (C=O) groups excluding carboxylic acids is 2. The highest BCUT2D eigenvalue weighted by molar-refractivity contribution is 6.32. The van der Waals surface area contributed by atoms with Crippen molar-refractivity contribution < 1.29 is 28.6 Å². The fourth-order valence-corrected chi connectivity index (χ4v) is 4.65. The third-order valence-corrected chi connectivity index (χ3v) is 6.44. The highest BCUT2D eigenvalue weighted by Crippen LogP contribution is 2.38. The summed E-state index contributed by atoms with van der Waals surface area (Å²) in [5, 5.41) is 19.7. The third kappa shape index (κ3) is 4.11. The van der Waals surface area contributed by atoms with Crippen molar-refractivity contribution >= 4 is 23.4 Å². The van der Waals surface area contributed by atoms with Crippen molar-refractivity contribution in [3.8, 4) is 11.5 Å². The normalized spacial score (nSPS) is 20.1. The Hall–Kier alpha value is -2.87. The van der Waals surface area contributed by atoms with E-state index in [1.807, 2.05) is 6.92 Å². The number of phenolic OH excluding ortho intramolecular Hbond substituents is 2. The molecule has 0 aliphatic carbocycles. The molecule has 2 aromatic carbocycles. The second-order valence-electron chi connectivity index (χ2n) is 8.38. The molecule has 2 saturated heterocycles. The van der Waals surface area contributed by atoms with Gasteiger partial charge in [-0.05, 0) is 49.1 Å². The smallest absolute Gasteiger partial charge is 0.267 e. The zero-order chi connectivity index (χ0) is 23.2. The maximum atomic E-state index is 13.5. The molecule has 2 aliphatic rings. The van der Waals surface area contributed by atoms with Crippen LogP contribution in [0.4, 0.5) is 8.78 Å². The maximum Gasteiger partial charge on any atom is 0.267 e. The van der Waals surface area contributed by atoms with E-state index in [4.69, 9.17) is 11.6 Å². The van der Waals surface area contributed by atoms with E-state index < -0.39 is 24.3 Å². The first-order chi connectivity index (χ1) is 15.1. The summed E-state index contributed by atoms with van der Waals surface area (Å²) < 4.78 is 27.0. The van der Waals surface area contributed by atoms with E-state index in [9.17, 15) is 28.6 Å². The summed E-state index contributed by atoms with van der Waals surface area (Å²) in [6.45, 7) is 1.75. The Balaban J connectivity index is 1.57. The van der Waals surface area contributed by atoms with Crippen LogP contribution in [0.15, 0.2) is 30.3 Å². The minimum absolute atomic E-state index is 0.000822. The Morgan fingerprint density at radius 2 is 1.84 bits per heavy atom. The van der Waals surface area contributed by atoms with Gasteiger partial charge < -0.3 is 20.0 Å². The fraction of sp³-hybridized carbons (Fsp3) is 0.391. The van der Waals surface area contributed by atoms with E-state index >= 15 is 0 Å². The molecule has 9 heteroatoms. The first-order valence-electron chi connectivity index (χ1n) is 10.4. The molecule has 0 bridgehead atoms. The lowest BCUT2D eigenvalue weighted by atomic mass is 9.96. The van der Waals surface area contributed by atoms with E-state index in [0.717, 1.165) is 28.5 Å². The van der Waals surface area contributed by atoms with Crippen LogP contribution in [0.1, 0.15) is 57.1 Å². The van der Waals surface area contributed by atoms with Gasteiger partial charge in [0, 0.05) is 31.1 Å². The zero-order valence-electron chi connectivity index (χ0n) is 17.4. The number of hydrogen-bond donors (Lipinski definition) is 2. The fourth-order valence-electron chi connectivity index (χ4n) is 4.48. The summed E-state index contributed by atoms with van der Waals surface area (Å²) in [6.07, 6.45) is 1.12. The highest BCUT2D eigenvalue weighted by Gasteiger charge is 2.40. The number of halogens is 3. The first kappa shape index (κ1) is 22.3. The van der Waals surface area contributed by atoms with Crippen molar-refractivity contribution in [2.45, 2.75) is 38.2 Å². The molecule has 4 rings (SSSR count). The number of carbonyl (C=O) groups is 2. The molecule has 32 heavy (non-hydrogen) atoms. The van der Waals surface area contributed by atoms with Crippen LogP contribution >= 0.6 is 11.6 Å². The number of aromatic hydroxyl groups is 2. The van der Waals surface area contributed by atoms with E-state index in [2.05, 4.69) is 0 Å². The van der Waals surface area contributed by atoms with Crippen LogP contribution < -0.4 is 0 Å². The van der Waals surface area contributed by atoms with Gasteiger partial charge in [-0.25, -0.2) is 8.78 Å². The quantitative estimate of drug-likeness (QED) is 0.700. The number of rotatable bonds is 3. The summed E-state index contributed by atoms with van der Waals surface area (Å²) >= 11 is 5.92. The lowest BCUT2D eigenvalue weighted by Crippen LogP contribution is -2.32. The number of alkyl halides is 2. The van der Waals surface area contributed by atoms with Crippen LogP contribution in [-0.4, -0.2) is 57.4 Å². The number of likely N-dealkylation sites (tertiary alicyclic amines) is 2. The summed E-state index contributed by atoms with van der Waals surface area (Å²) in [5.74, 6) is -4.36. The molecule has 170 valence electrons. The van der Waals surface area contributed by atoms with Gasteiger partial charge in [0.2, 0.25) is 0 Å². The minimum Gasteiger partial charge on any atom is -0.507 e. The molecule has 2 fully saturated rings. The molecule has 0 aromatic heterocycles. The van der Waals surface area contributed by atoms with E-state index in [0.29, 0.717) is 18.5 Å². The van der Waals surface area contributed by atoms with Crippen LogP contribution in [0.2, 0.25) is 5.02 Å². The second-order valence-corrected chi connectivity index (χ2v) is 8.79. The highest BCUT2D eigenvalue weighted by atomic mass is 35.5. The molecule has 0 spiro atoms. The molecule has 0 unspecified atom stereocenters. The van der Waals surface area contributed by atoms with E-state index in [-0.39, 0.29) is 41.1 Å². The number of hydrogen-bond acceptors (Lipinski definition) is 4. The molecule has 2 N–H and O–H groups in total. The predicted molar refractivity (Wildman–Crippen MR) is 114 cm³/mol. The van der Waals surface area contributed by atoms with E-state index in [1.165, 1.54) is 6.07 Å². The second kappa shape index (κ2) is 8.24. The van der Waals surface area contributed by atoms with Crippen molar-refractivity contribution in [1.82, 2.24) is 9.80 Å². The molecule has 0 saturated carbocycles. The van der Waals surface area contributed by atoms with Gasteiger partial charge in [0.25, 0.3) is 17.7 Å². The Morgan fingerprint density at radius 3 is 2.50 bits per heavy atom. The predicted octanol–water partition coefficient (Wildman–Crippen LogP) is 4.52. The van der Waals surface area contributed by atoms with Crippen molar-refractivity contribution in [3.05, 3.63) is 57.6 Å². The van der Waals surface area contributed by atoms with Crippen LogP contribution in [0, 0.1) is 6.92 Å². The van der Waals surface area contributed by atoms with Gasteiger partial charge in [0.15, 0.2) is 0 Å². The van der Waals surface area contributed by atoms with Crippen molar-refractivity contribution in [2.75, 3.05) is 19.6 Å². The van der Waals surface area contributed by atoms with Gasteiger partial charge in [-0.15, -0.1) is 0 Å². The number of phenols is 2. The number of benzene rings is 2. The number of amides is 2. The largest absolute Gasteiger partial charge is 0.507 e. The van der Waals surface area contributed by atoms with Crippen LogP contribution in [0.25, 0.3) is 0 Å². The van der Waals surface area contributed by atoms with Gasteiger partial charge in [-0.1, -0.05) is 17.7 Å².